The van der Waals surface area contributed by atoms with Gasteiger partial charge in [-0.15, -0.1) is 0 Å². The molecule has 16 heavy (non-hydrogen) atoms. The van der Waals surface area contributed by atoms with Gasteiger partial charge in [0.1, 0.15) is 0 Å². The predicted octanol–water partition coefficient (Wildman–Crippen LogP) is 2.17. The van der Waals surface area contributed by atoms with Gasteiger partial charge in [-0.05, 0) is 24.5 Å². The quantitative estimate of drug-likeness (QED) is 0.777. The Balaban J connectivity index is 2.63. The largest absolute Gasteiger partial charge is 0.394 e. The van der Waals surface area contributed by atoms with Crippen LogP contribution in [0.4, 0.5) is 0 Å². The van der Waals surface area contributed by atoms with Crippen LogP contribution in [0.2, 0.25) is 0 Å². The topological polar surface area (TPSA) is 55.5 Å². The van der Waals surface area contributed by atoms with E-state index in [-0.39, 0.29) is 18.8 Å². The smallest absolute Gasteiger partial charge is 0.0796 e. The Kier molecular flexibility index (Phi) is 5.46. The van der Waals surface area contributed by atoms with Crippen molar-refractivity contribution >= 4 is 0 Å². The van der Waals surface area contributed by atoms with Gasteiger partial charge in [0.05, 0.1) is 18.8 Å². The predicted molar refractivity (Wildman–Crippen MR) is 65.1 cm³/mol. The minimum atomic E-state index is -0.291. The molecule has 0 saturated heterocycles. The van der Waals surface area contributed by atoms with Gasteiger partial charge in [0.2, 0.25) is 0 Å². The van der Waals surface area contributed by atoms with E-state index in [1.165, 1.54) is 0 Å². The van der Waals surface area contributed by atoms with Gasteiger partial charge in [-0.3, -0.25) is 0 Å². The van der Waals surface area contributed by atoms with Crippen molar-refractivity contribution in [3.05, 3.63) is 35.4 Å². The fraction of sp³-hybridized carbons (Fsp3) is 0.538. The molecule has 0 aliphatic rings. The van der Waals surface area contributed by atoms with Crippen LogP contribution in [0.5, 0.6) is 0 Å². The molecule has 0 bridgehead atoms. The molecule has 1 aromatic carbocycles. The first kappa shape index (κ1) is 13.2. The fourth-order valence-corrected chi connectivity index (χ4v) is 1.51. The third kappa shape index (κ3) is 3.59. The summed E-state index contributed by atoms with van der Waals surface area (Å²) in [5.41, 5.74) is 7.81. The van der Waals surface area contributed by atoms with Gasteiger partial charge in [-0.25, -0.2) is 0 Å². The van der Waals surface area contributed by atoms with Crippen molar-refractivity contribution in [2.75, 3.05) is 13.2 Å². The summed E-state index contributed by atoms with van der Waals surface area (Å²) in [6.45, 7) is 4.88. The number of aliphatic hydroxyl groups excluding tert-OH is 1. The lowest BCUT2D eigenvalue weighted by molar-refractivity contribution is 0.0662. The van der Waals surface area contributed by atoms with E-state index in [9.17, 15) is 0 Å². The molecule has 3 N–H and O–H groups in total. The average molecular weight is 223 g/mol. The van der Waals surface area contributed by atoms with E-state index in [1.807, 2.05) is 31.2 Å². The first-order chi connectivity index (χ1) is 7.69. The molecule has 0 unspecified atom stereocenters. The van der Waals surface area contributed by atoms with Crippen molar-refractivity contribution in [1.82, 2.24) is 0 Å². The van der Waals surface area contributed by atoms with Gasteiger partial charge in [-0.2, -0.15) is 0 Å². The summed E-state index contributed by atoms with van der Waals surface area (Å²) in [6, 6.07) is 7.61. The van der Waals surface area contributed by atoms with Crippen molar-refractivity contribution in [2.45, 2.75) is 32.4 Å². The first-order valence-electron chi connectivity index (χ1n) is 5.77. The number of ether oxygens (including phenoxy) is 1. The number of nitrogens with two attached hydrogens (primary N) is 1. The van der Waals surface area contributed by atoms with Crippen LogP contribution in [0.25, 0.3) is 0 Å². The Hall–Kier alpha value is -0.900. The monoisotopic (exact) mass is 223 g/mol. The highest BCUT2D eigenvalue weighted by Gasteiger charge is 2.07. The number of hydrogen-bond acceptors (Lipinski definition) is 3. The Morgan fingerprint density at radius 1 is 1.25 bits per heavy atom. The maximum Gasteiger partial charge on any atom is 0.0796 e. The first-order valence-corrected chi connectivity index (χ1v) is 5.77. The molecule has 2 atom stereocenters. The zero-order chi connectivity index (χ0) is 12.0. The molecular formula is C13H21NO2. The normalized spacial score (nSPS) is 14.8. The second kappa shape index (κ2) is 6.63. The summed E-state index contributed by atoms with van der Waals surface area (Å²) >= 11 is 0. The Morgan fingerprint density at radius 2 is 1.81 bits per heavy atom. The molecule has 0 aromatic heterocycles. The lowest BCUT2D eigenvalue weighted by Crippen LogP contribution is -2.14. The fourth-order valence-electron chi connectivity index (χ4n) is 1.51. The number of aliphatic hydroxyl groups is 1. The number of rotatable bonds is 6. The summed E-state index contributed by atoms with van der Waals surface area (Å²) in [6.07, 6.45) is 1.14. The van der Waals surface area contributed by atoms with Crippen LogP contribution < -0.4 is 5.73 Å². The molecule has 0 heterocycles. The molecule has 1 aromatic rings. The summed E-state index contributed by atoms with van der Waals surface area (Å²) in [5, 5.41) is 8.93. The standard InChI is InChI=1S/C13H21NO2/c1-3-8-16-10(2)11-4-6-12(7-5-11)13(14)9-15/h4-7,10,13,15H,3,8-9,14H2,1-2H3/t10-,13-/m1/s1. The zero-order valence-corrected chi connectivity index (χ0v) is 10.0. The second-order valence-corrected chi connectivity index (χ2v) is 3.97. The SMILES string of the molecule is CCCO[C@H](C)c1ccc([C@H](N)CO)cc1. The van der Waals surface area contributed by atoms with Crippen LogP contribution in [0.15, 0.2) is 24.3 Å². The van der Waals surface area contributed by atoms with Crippen molar-refractivity contribution in [3.8, 4) is 0 Å². The molecule has 0 radical (unpaired) electrons. The van der Waals surface area contributed by atoms with Gasteiger partial charge in [0, 0.05) is 6.61 Å². The summed E-state index contributed by atoms with van der Waals surface area (Å²) in [7, 11) is 0. The Labute approximate surface area is 97.2 Å². The second-order valence-electron chi connectivity index (χ2n) is 3.97. The van der Waals surface area contributed by atoms with Crippen molar-refractivity contribution in [2.24, 2.45) is 5.73 Å². The van der Waals surface area contributed by atoms with Crippen LogP contribution in [0, 0.1) is 0 Å². The van der Waals surface area contributed by atoms with Crippen LogP contribution >= 0.6 is 0 Å². The van der Waals surface area contributed by atoms with Gasteiger partial charge >= 0.3 is 0 Å². The molecule has 1 rings (SSSR count). The van der Waals surface area contributed by atoms with Crippen LogP contribution in [0.3, 0.4) is 0 Å². The van der Waals surface area contributed by atoms with E-state index in [0.29, 0.717) is 0 Å². The number of hydrogen-bond donors (Lipinski definition) is 2. The minimum Gasteiger partial charge on any atom is -0.394 e. The third-order valence-electron chi connectivity index (χ3n) is 2.60. The molecule has 0 amide bonds. The van der Waals surface area contributed by atoms with Crippen LogP contribution in [0.1, 0.15) is 43.5 Å². The van der Waals surface area contributed by atoms with Gasteiger partial charge in [0.15, 0.2) is 0 Å². The van der Waals surface area contributed by atoms with Gasteiger partial charge < -0.3 is 15.6 Å². The maximum absolute atomic E-state index is 8.93. The molecule has 0 aliphatic heterocycles. The lowest BCUT2D eigenvalue weighted by Gasteiger charge is -2.14. The maximum atomic E-state index is 8.93. The molecular weight excluding hydrogens is 202 g/mol. The summed E-state index contributed by atoms with van der Waals surface area (Å²) < 4.78 is 5.62. The average Bonchev–Trinajstić information content (AvgIpc) is 2.35. The molecule has 90 valence electrons. The molecule has 0 fully saturated rings. The highest BCUT2D eigenvalue weighted by Crippen LogP contribution is 2.19. The number of benzene rings is 1. The zero-order valence-electron chi connectivity index (χ0n) is 10.0. The summed E-state index contributed by atoms with van der Waals surface area (Å²) in [5.74, 6) is 0. The van der Waals surface area contributed by atoms with Crippen LogP contribution in [-0.2, 0) is 4.74 Å². The van der Waals surface area contributed by atoms with Gasteiger partial charge in [-0.1, -0.05) is 31.2 Å². The van der Waals surface area contributed by atoms with Crippen molar-refractivity contribution in [1.29, 1.82) is 0 Å². The molecule has 3 heteroatoms. The van der Waals surface area contributed by atoms with E-state index in [4.69, 9.17) is 15.6 Å². The van der Waals surface area contributed by atoms with E-state index in [2.05, 4.69) is 6.92 Å². The van der Waals surface area contributed by atoms with Crippen molar-refractivity contribution < 1.29 is 9.84 Å². The summed E-state index contributed by atoms with van der Waals surface area (Å²) in [4.78, 5) is 0. The van der Waals surface area contributed by atoms with E-state index >= 15 is 0 Å². The highest BCUT2D eigenvalue weighted by atomic mass is 16.5. The lowest BCUT2D eigenvalue weighted by atomic mass is 10.0. The third-order valence-corrected chi connectivity index (χ3v) is 2.60. The highest BCUT2D eigenvalue weighted by molar-refractivity contribution is 5.26. The van der Waals surface area contributed by atoms with Crippen LogP contribution in [-0.4, -0.2) is 18.3 Å². The molecule has 3 nitrogen and oxygen atoms in total. The Morgan fingerprint density at radius 3 is 2.31 bits per heavy atom. The molecule has 0 aliphatic carbocycles. The van der Waals surface area contributed by atoms with Crippen molar-refractivity contribution in [3.63, 3.8) is 0 Å². The molecule has 0 saturated carbocycles. The van der Waals surface area contributed by atoms with E-state index < -0.39 is 0 Å². The van der Waals surface area contributed by atoms with E-state index in [1.54, 1.807) is 0 Å². The van der Waals surface area contributed by atoms with E-state index in [0.717, 1.165) is 24.2 Å². The minimum absolute atomic E-state index is 0.0266. The molecule has 0 spiro atoms. The van der Waals surface area contributed by atoms with Gasteiger partial charge in [0.25, 0.3) is 0 Å². The Bertz CT molecular complexity index is 297.